The monoisotopic (exact) mass is 1010 g/mol. The Bertz CT molecular complexity index is 762. The fourth-order valence-electron chi connectivity index (χ4n) is 4.26. The molecule has 3 aliphatic rings. The summed E-state index contributed by atoms with van der Waals surface area (Å²) in [5.41, 5.74) is -0.611. The molecule has 11 heteroatoms. The summed E-state index contributed by atoms with van der Waals surface area (Å²) in [6.07, 6.45) is 22.3. The number of hydrogen-bond acceptors (Lipinski definition) is 4. The minimum Gasteiger partial charge on any atom is -1.00 e. The molecule has 0 aromatic carbocycles. The molecule has 0 saturated heterocycles. The summed E-state index contributed by atoms with van der Waals surface area (Å²) >= 11 is 0. The van der Waals surface area contributed by atoms with Crippen LogP contribution in [0.5, 0.6) is 0 Å². The van der Waals surface area contributed by atoms with Crippen LogP contribution in [-0.4, -0.2) is 7.54 Å². The van der Waals surface area contributed by atoms with Crippen LogP contribution in [0.2, 0.25) is 0 Å². The normalized spacial score (nSPS) is 13.3. The summed E-state index contributed by atoms with van der Waals surface area (Å²) in [4.78, 5) is 0. The van der Waals surface area contributed by atoms with E-state index in [0.717, 1.165) is 17.8 Å². The molecule has 58 heavy (non-hydrogen) atoms. The van der Waals surface area contributed by atoms with Gasteiger partial charge in [-0.05, 0) is 101 Å². The van der Waals surface area contributed by atoms with Crippen molar-refractivity contribution < 1.29 is 56.6 Å². The largest absolute Gasteiger partial charge is 2.00 e. The third-order valence-electron chi connectivity index (χ3n) is 7.50. The molecule has 3 aliphatic carbocycles. The first kappa shape index (κ1) is 96.7. The third-order valence-corrected chi connectivity index (χ3v) is 7.50. The summed E-state index contributed by atoms with van der Waals surface area (Å²) in [7, 11) is -3.67. The number of nitrogens with zero attached hydrogens (tertiary/aromatic N) is 4. The molecule has 0 atom stereocenters. The fraction of sp³-hybridized carbons (Fsp3) is 0.851. The second-order valence-corrected chi connectivity index (χ2v) is 17.4. The van der Waals surface area contributed by atoms with Crippen molar-refractivity contribution in [2.75, 3.05) is 0 Å². The molecule has 0 heterocycles. The van der Waals surface area contributed by atoms with E-state index in [4.69, 9.17) is 21.0 Å². The van der Waals surface area contributed by atoms with Gasteiger partial charge in [-0.15, -0.1) is 0 Å². The van der Waals surface area contributed by atoms with E-state index in [9.17, 15) is 12.9 Å². The molecule has 0 N–H and O–H groups in total. The van der Waals surface area contributed by atoms with Crippen molar-refractivity contribution in [2.45, 2.75) is 222 Å². The van der Waals surface area contributed by atoms with Gasteiger partial charge in [-0.25, -0.2) is 0 Å². The molecule has 0 spiro atoms. The Morgan fingerprint density at radius 1 is 0.431 bits per heavy atom. The predicted octanol–water partition coefficient (Wildman–Crippen LogP) is 15.1. The average molecular weight is 1010 g/mol. The van der Waals surface area contributed by atoms with Crippen molar-refractivity contribution in [2.24, 2.45) is 39.4 Å². The first-order chi connectivity index (χ1) is 22.3. The molecular formula is C47H99BF4N4Ru2-. The van der Waals surface area contributed by atoms with Crippen molar-refractivity contribution >= 4 is 7.54 Å². The Kier molecular flexibility index (Phi) is 96.8. The first-order valence-corrected chi connectivity index (χ1v) is 18.8. The molecule has 3 fully saturated rings. The van der Waals surface area contributed by atoms with Crippen LogP contribution in [0.1, 0.15) is 222 Å². The number of nitriles is 4. The Balaban J connectivity index is -0.0000000312. The molecule has 4 nitrogen and oxygen atoms in total. The number of halogens is 4. The summed E-state index contributed by atoms with van der Waals surface area (Å²) in [5, 5.41) is 32.6. The average Bonchev–Trinajstić information content (AvgIpc) is 3.81. The van der Waals surface area contributed by atoms with Gasteiger partial charge in [0.2, 0.25) is 0 Å². The van der Waals surface area contributed by atoms with E-state index in [2.05, 4.69) is 45.0 Å². The van der Waals surface area contributed by atoms with Crippen LogP contribution in [0.25, 0.3) is 0 Å². The van der Waals surface area contributed by atoms with Crippen LogP contribution in [0, 0.1) is 107 Å². The Morgan fingerprint density at radius 3 is 0.552 bits per heavy atom. The zero-order valence-corrected chi connectivity index (χ0v) is 42.4. The standard InChI is InChI=1S/3C7H14.4C5H9N.3CH4.3CH3.BF3.FH.2Ru/c3*1-2-7-5-3-4-6-7;4*1-5(2,3)4-6;;;;;;;2-1(3)4;;;/h3*7H,2-6H2,1H3;4*1-3H3;3*1H4;3*1H3;;1H;;/q;;;;;;;;;;3*-1;;;+1;+2/p-1. The molecule has 0 aromatic rings. The maximum Gasteiger partial charge on any atom is 2.00 e. The van der Waals surface area contributed by atoms with Gasteiger partial charge in [-0.3, -0.25) is 12.9 Å². The van der Waals surface area contributed by atoms with E-state index >= 15 is 0 Å². The quantitative estimate of drug-likeness (QED) is 0.160. The third kappa shape index (κ3) is 111. The van der Waals surface area contributed by atoms with Gasteiger partial charge in [0.05, 0.1) is 24.3 Å². The van der Waals surface area contributed by atoms with Crippen molar-refractivity contribution in [3.63, 3.8) is 0 Å². The predicted molar refractivity (Wildman–Crippen MR) is 246 cm³/mol. The smallest absolute Gasteiger partial charge is 1.00 e. The number of rotatable bonds is 3. The van der Waals surface area contributed by atoms with Crippen LogP contribution < -0.4 is 4.70 Å². The molecule has 0 bridgehead atoms. The van der Waals surface area contributed by atoms with Gasteiger partial charge in [0.1, 0.15) is 0 Å². The van der Waals surface area contributed by atoms with E-state index in [1.54, 1.807) is 0 Å². The zero-order chi connectivity index (χ0) is 39.7. The van der Waals surface area contributed by atoms with Gasteiger partial charge in [-0.2, -0.15) is 21.0 Å². The second-order valence-electron chi connectivity index (χ2n) is 17.4. The van der Waals surface area contributed by atoms with Gasteiger partial charge in [0.15, 0.2) is 0 Å². The topological polar surface area (TPSA) is 95.2 Å². The molecule has 0 unspecified atom stereocenters. The Labute approximate surface area is 391 Å². The summed E-state index contributed by atoms with van der Waals surface area (Å²) in [6.45, 7) is 29.5. The van der Waals surface area contributed by atoms with Gasteiger partial charge >= 0.3 is 46.5 Å². The zero-order valence-electron chi connectivity index (χ0n) is 38.9. The molecule has 1 radical (unpaired) electrons. The van der Waals surface area contributed by atoms with Gasteiger partial charge in [0.25, 0.3) is 0 Å². The summed E-state index contributed by atoms with van der Waals surface area (Å²) in [5.74, 6) is 3.29. The Morgan fingerprint density at radius 2 is 0.517 bits per heavy atom. The number of hydrogen-bond donors (Lipinski definition) is 0. The van der Waals surface area contributed by atoms with Gasteiger partial charge in [-0.1, -0.05) is 139 Å². The minimum absolute atomic E-state index is 0. The molecule has 3 saturated carbocycles. The maximum atomic E-state index is 9.67. The summed E-state index contributed by atoms with van der Waals surface area (Å²) < 4.78 is 29.0. The van der Waals surface area contributed by atoms with Crippen LogP contribution in [0.3, 0.4) is 0 Å². The molecule has 355 valence electrons. The minimum atomic E-state index is -3.67. The molecule has 3 rings (SSSR count). The fourth-order valence-corrected chi connectivity index (χ4v) is 4.26. The van der Waals surface area contributed by atoms with Crippen molar-refractivity contribution in [1.82, 2.24) is 0 Å². The van der Waals surface area contributed by atoms with E-state index < -0.39 is 7.54 Å². The van der Waals surface area contributed by atoms with Gasteiger partial charge < -0.3 is 27.0 Å². The SMILES string of the molecule is C.C.C.CC(C)(C)C#N.CC(C)(C)C#N.CC(C)(C)C#N.CC(C)(C)C#N.CCC1CCCC1.CCC1CCCC1.CCC1CCCC1.FB(F)F.[CH3-].[CH3-].[CH3-].[F-].[Ru+2].[Ru+]. The van der Waals surface area contributed by atoms with Crippen LogP contribution in [-0.2, 0) is 39.0 Å². The molecule has 0 amide bonds. The first-order valence-electron chi connectivity index (χ1n) is 18.8. The van der Waals surface area contributed by atoms with Crippen LogP contribution >= 0.6 is 0 Å². The van der Waals surface area contributed by atoms with Crippen molar-refractivity contribution in [1.29, 1.82) is 21.0 Å². The molecular weight excluding hydrogens is 909 g/mol. The van der Waals surface area contributed by atoms with Crippen molar-refractivity contribution in [3.05, 3.63) is 22.3 Å². The second kappa shape index (κ2) is 58.1. The van der Waals surface area contributed by atoms with E-state index in [1.165, 1.54) is 96.3 Å². The summed E-state index contributed by atoms with van der Waals surface area (Å²) in [6, 6.07) is 8.42. The maximum absolute atomic E-state index is 9.67. The van der Waals surface area contributed by atoms with Crippen LogP contribution in [0.15, 0.2) is 0 Å². The molecule has 0 aliphatic heterocycles. The molecule has 0 aromatic heterocycles. The van der Waals surface area contributed by atoms with Crippen molar-refractivity contribution in [3.8, 4) is 24.3 Å². The van der Waals surface area contributed by atoms with E-state index in [-0.39, 0.29) is 110 Å². The van der Waals surface area contributed by atoms with E-state index in [1.807, 2.05) is 83.1 Å². The van der Waals surface area contributed by atoms with E-state index in [0.29, 0.717) is 0 Å². The van der Waals surface area contributed by atoms with Crippen LogP contribution in [0.4, 0.5) is 12.9 Å². The van der Waals surface area contributed by atoms with Gasteiger partial charge in [0, 0.05) is 21.7 Å². The Hall–Kier alpha value is -1.01.